The van der Waals surface area contributed by atoms with E-state index in [1.165, 1.54) is 6.42 Å². The molecular weight excluding hydrogens is 314 g/mol. The van der Waals surface area contributed by atoms with Crippen LogP contribution in [-0.4, -0.2) is 25.2 Å². The Kier molecular flexibility index (Phi) is 5.08. The Balaban J connectivity index is 1.86. The minimum atomic E-state index is 0.348. The third kappa shape index (κ3) is 3.85. The van der Waals surface area contributed by atoms with Crippen LogP contribution in [0, 0.1) is 23.2 Å². The smallest absolute Gasteiger partial charge is 0.235 e. The van der Waals surface area contributed by atoms with Crippen LogP contribution in [0.4, 0.5) is 5.88 Å². The summed E-state index contributed by atoms with van der Waals surface area (Å²) in [5.74, 6) is 2.95. The number of hydrogen-bond donors (Lipinski definition) is 0. The summed E-state index contributed by atoms with van der Waals surface area (Å²) in [6, 6.07) is 9.88. The molecule has 25 heavy (non-hydrogen) atoms. The van der Waals surface area contributed by atoms with Gasteiger partial charge in [-0.05, 0) is 30.4 Å². The Morgan fingerprint density at radius 1 is 1.24 bits per heavy atom. The van der Waals surface area contributed by atoms with Crippen LogP contribution in [0.3, 0.4) is 0 Å². The van der Waals surface area contributed by atoms with Crippen LogP contribution < -0.4 is 9.64 Å². The third-order valence-electron chi connectivity index (χ3n) is 4.43. The van der Waals surface area contributed by atoms with Gasteiger partial charge in [-0.1, -0.05) is 32.0 Å². The lowest BCUT2D eigenvalue weighted by atomic mass is 9.92. The second-order valence-corrected chi connectivity index (χ2v) is 6.74. The van der Waals surface area contributed by atoms with Gasteiger partial charge in [-0.3, -0.25) is 0 Å². The summed E-state index contributed by atoms with van der Waals surface area (Å²) in [4.78, 5) is 6.47. The van der Waals surface area contributed by atoms with E-state index in [0.29, 0.717) is 29.3 Å². The van der Waals surface area contributed by atoms with Crippen molar-refractivity contribution in [3.63, 3.8) is 0 Å². The van der Waals surface area contributed by atoms with E-state index in [-0.39, 0.29) is 0 Å². The molecule has 0 N–H and O–H groups in total. The van der Waals surface area contributed by atoms with E-state index in [2.05, 4.69) is 29.8 Å². The highest BCUT2D eigenvalue weighted by atomic mass is 16.5. The highest BCUT2D eigenvalue weighted by molar-refractivity contribution is 5.70. The van der Waals surface area contributed by atoms with E-state index in [4.69, 9.17) is 9.15 Å². The number of para-hydroxylation sites is 1. The van der Waals surface area contributed by atoms with Crippen molar-refractivity contribution in [2.24, 2.45) is 11.8 Å². The molecular formula is C20H23N3O2. The molecule has 5 nitrogen and oxygen atoms in total. The monoisotopic (exact) mass is 337 g/mol. The lowest BCUT2D eigenvalue weighted by molar-refractivity contribution is 0.342. The summed E-state index contributed by atoms with van der Waals surface area (Å²) in [7, 11) is 1.64. The number of nitrogens with zero attached hydrogens (tertiary/aromatic N) is 3. The number of rotatable bonds is 4. The lowest BCUT2D eigenvalue weighted by Crippen LogP contribution is -2.38. The van der Waals surface area contributed by atoms with Gasteiger partial charge in [0.1, 0.15) is 11.8 Å². The van der Waals surface area contributed by atoms with Crippen LogP contribution in [0.25, 0.3) is 12.2 Å². The number of nitriles is 1. The largest absolute Gasteiger partial charge is 0.496 e. The van der Waals surface area contributed by atoms with Gasteiger partial charge in [0.05, 0.1) is 7.11 Å². The molecule has 1 saturated heterocycles. The van der Waals surface area contributed by atoms with Crippen molar-refractivity contribution in [1.29, 1.82) is 5.26 Å². The molecule has 2 unspecified atom stereocenters. The van der Waals surface area contributed by atoms with Crippen LogP contribution in [0.15, 0.2) is 28.7 Å². The van der Waals surface area contributed by atoms with Gasteiger partial charge < -0.3 is 14.1 Å². The number of piperidine rings is 1. The van der Waals surface area contributed by atoms with Gasteiger partial charge in [-0.15, -0.1) is 0 Å². The number of hydrogen-bond acceptors (Lipinski definition) is 5. The first-order valence-electron chi connectivity index (χ1n) is 8.57. The van der Waals surface area contributed by atoms with E-state index in [9.17, 15) is 5.26 Å². The number of benzene rings is 1. The summed E-state index contributed by atoms with van der Waals surface area (Å²) >= 11 is 0. The van der Waals surface area contributed by atoms with Crippen molar-refractivity contribution >= 4 is 18.0 Å². The molecule has 0 amide bonds. The Hall–Kier alpha value is -2.74. The molecule has 1 aliphatic heterocycles. The van der Waals surface area contributed by atoms with Crippen LogP contribution in [0.2, 0.25) is 0 Å². The fraction of sp³-hybridized carbons (Fsp3) is 0.400. The van der Waals surface area contributed by atoms with Gasteiger partial charge in [0.2, 0.25) is 17.5 Å². The lowest BCUT2D eigenvalue weighted by Gasteiger charge is -2.34. The van der Waals surface area contributed by atoms with Crippen LogP contribution in [0.1, 0.15) is 37.4 Å². The highest BCUT2D eigenvalue weighted by Gasteiger charge is 2.27. The SMILES string of the molecule is COc1ccccc1C=Cc1nc(C#N)c(N2CC(C)CC(C)C2)o1. The summed E-state index contributed by atoms with van der Waals surface area (Å²) in [5.41, 5.74) is 1.28. The molecule has 2 atom stereocenters. The maximum atomic E-state index is 9.42. The van der Waals surface area contributed by atoms with Crippen molar-refractivity contribution in [3.8, 4) is 11.8 Å². The summed E-state index contributed by atoms with van der Waals surface area (Å²) < 4.78 is 11.2. The highest BCUT2D eigenvalue weighted by Crippen LogP contribution is 2.30. The molecule has 1 aromatic carbocycles. The molecule has 0 radical (unpaired) electrons. The minimum Gasteiger partial charge on any atom is -0.496 e. The number of anilines is 1. The molecule has 0 aliphatic carbocycles. The predicted molar refractivity (Wildman–Crippen MR) is 98.3 cm³/mol. The van der Waals surface area contributed by atoms with Gasteiger partial charge >= 0.3 is 0 Å². The Labute approximate surface area is 148 Å². The number of aromatic nitrogens is 1. The molecule has 0 saturated carbocycles. The second-order valence-electron chi connectivity index (χ2n) is 6.74. The van der Waals surface area contributed by atoms with Crippen molar-refractivity contribution in [3.05, 3.63) is 41.4 Å². The van der Waals surface area contributed by atoms with Crippen LogP contribution >= 0.6 is 0 Å². The second kappa shape index (κ2) is 7.43. The molecule has 0 bridgehead atoms. The van der Waals surface area contributed by atoms with Gasteiger partial charge in [-0.25, -0.2) is 0 Å². The van der Waals surface area contributed by atoms with Crippen molar-refractivity contribution < 1.29 is 9.15 Å². The molecule has 1 aliphatic rings. The Bertz CT molecular complexity index is 794. The molecule has 1 fully saturated rings. The van der Waals surface area contributed by atoms with E-state index < -0.39 is 0 Å². The van der Waals surface area contributed by atoms with Crippen molar-refractivity contribution in [2.45, 2.75) is 20.3 Å². The Morgan fingerprint density at radius 3 is 2.64 bits per heavy atom. The van der Waals surface area contributed by atoms with E-state index in [1.54, 1.807) is 13.2 Å². The first-order chi connectivity index (χ1) is 12.1. The first kappa shape index (κ1) is 17.1. The van der Waals surface area contributed by atoms with Crippen LogP contribution in [-0.2, 0) is 0 Å². The minimum absolute atomic E-state index is 0.348. The zero-order chi connectivity index (χ0) is 17.8. The summed E-state index contributed by atoms with van der Waals surface area (Å²) in [5, 5.41) is 9.42. The maximum Gasteiger partial charge on any atom is 0.235 e. The molecule has 130 valence electrons. The van der Waals surface area contributed by atoms with Crippen molar-refractivity contribution in [2.75, 3.05) is 25.1 Å². The van der Waals surface area contributed by atoms with E-state index >= 15 is 0 Å². The molecule has 1 aromatic heterocycles. The fourth-order valence-electron chi connectivity index (χ4n) is 3.48. The predicted octanol–water partition coefficient (Wildman–Crippen LogP) is 4.21. The van der Waals surface area contributed by atoms with E-state index in [1.807, 2.05) is 30.3 Å². The topological polar surface area (TPSA) is 62.3 Å². The number of ether oxygens (including phenoxy) is 1. The molecule has 3 rings (SSSR count). The number of methoxy groups -OCH3 is 1. The van der Waals surface area contributed by atoms with Gasteiger partial charge in [0.25, 0.3) is 0 Å². The van der Waals surface area contributed by atoms with E-state index in [0.717, 1.165) is 24.4 Å². The zero-order valence-corrected chi connectivity index (χ0v) is 14.9. The molecule has 5 heteroatoms. The first-order valence-corrected chi connectivity index (χ1v) is 8.57. The summed E-state index contributed by atoms with van der Waals surface area (Å²) in [6.45, 7) is 6.24. The average molecular weight is 337 g/mol. The van der Waals surface area contributed by atoms with Crippen molar-refractivity contribution in [1.82, 2.24) is 4.98 Å². The zero-order valence-electron chi connectivity index (χ0n) is 14.9. The molecule has 2 aromatic rings. The number of oxazole rings is 1. The van der Waals surface area contributed by atoms with Gasteiger partial charge in [0, 0.05) is 24.7 Å². The normalized spacial score (nSPS) is 20.6. The third-order valence-corrected chi connectivity index (χ3v) is 4.43. The van der Waals surface area contributed by atoms with Gasteiger partial charge in [0.15, 0.2) is 0 Å². The molecule has 0 spiro atoms. The maximum absolute atomic E-state index is 9.42. The quantitative estimate of drug-likeness (QED) is 0.836. The summed E-state index contributed by atoms with van der Waals surface area (Å²) in [6.07, 6.45) is 4.86. The van der Waals surface area contributed by atoms with Crippen LogP contribution in [0.5, 0.6) is 5.75 Å². The Morgan fingerprint density at radius 2 is 1.96 bits per heavy atom. The standard InChI is InChI=1S/C20H23N3O2/c1-14-10-15(2)13-23(12-14)20-17(11-21)22-19(25-20)9-8-16-6-4-5-7-18(16)24-3/h4-9,14-15H,10,12-13H2,1-3H3. The fourth-order valence-corrected chi connectivity index (χ4v) is 3.48. The average Bonchev–Trinajstić information content (AvgIpc) is 3.03. The molecule has 2 heterocycles. The van der Waals surface area contributed by atoms with Gasteiger partial charge in [-0.2, -0.15) is 10.2 Å².